The Morgan fingerprint density at radius 1 is 1.03 bits per heavy atom. The molecule has 0 saturated carbocycles. The molecular weight excluding hydrogens is 447 g/mol. The summed E-state index contributed by atoms with van der Waals surface area (Å²) >= 11 is 0. The molecule has 3 aromatic heterocycles. The molecule has 0 amide bonds. The summed E-state index contributed by atoms with van der Waals surface area (Å²) < 4.78 is 18.6. The predicted octanol–water partition coefficient (Wildman–Crippen LogP) is 3.70. The Balaban J connectivity index is 1.46. The molecule has 3 heterocycles. The van der Waals surface area contributed by atoms with Crippen LogP contribution in [0.1, 0.15) is 11.1 Å². The van der Waals surface area contributed by atoms with Crippen molar-refractivity contribution in [2.45, 2.75) is 6.54 Å². The van der Waals surface area contributed by atoms with E-state index in [0.29, 0.717) is 45.6 Å². The number of benzene rings is 3. The van der Waals surface area contributed by atoms with Crippen LogP contribution in [0.5, 0.6) is 0 Å². The zero-order chi connectivity index (χ0) is 24.1. The third-order valence-electron chi connectivity index (χ3n) is 5.93. The standard InChI is InChI=1S/C25H17FN8O/c26-18-9-16(21-7-8-29-33(21)13-15-3-1-14(12-27)2-4-15)10-22-23(18)24(28)32-34(22)17-5-6-19-20(11-17)31-25(35)30-19/h1-11H,13H2,(H2,28,32)(H2,30,31,35). The van der Waals surface area contributed by atoms with Gasteiger partial charge in [-0.15, -0.1) is 5.10 Å². The maximum Gasteiger partial charge on any atom is 0.323 e. The Kier molecular flexibility index (Phi) is 4.50. The molecule has 35 heavy (non-hydrogen) atoms. The minimum absolute atomic E-state index is 0.0674. The summed E-state index contributed by atoms with van der Waals surface area (Å²) in [6.45, 7) is 0.451. The number of H-pyrrole nitrogens is 2. The van der Waals surface area contributed by atoms with Gasteiger partial charge in [0, 0.05) is 11.8 Å². The van der Waals surface area contributed by atoms with Gasteiger partial charge < -0.3 is 15.7 Å². The molecule has 0 unspecified atom stereocenters. The van der Waals surface area contributed by atoms with Crippen molar-refractivity contribution >= 4 is 27.8 Å². The number of hydrogen-bond donors (Lipinski definition) is 3. The molecule has 6 rings (SSSR count). The molecule has 3 aromatic carbocycles. The number of anilines is 1. The third-order valence-corrected chi connectivity index (χ3v) is 5.93. The first-order chi connectivity index (χ1) is 17.0. The van der Waals surface area contributed by atoms with Gasteiger partial charge in [-0.3, -0.25) is 4.68 Å². The quantitative estimate of drug-likeness (QED) is 0.366. The van der Waals surface area contributed by atoms with Gasteiger partial charge in [0.05, 0.1) is 51.5 Å². The third kappa shape index (κ3) is 3.43. The summed E-state index contributed by atoms with van der Waals surface area (Å²) in [6.07, 6.45) is 1.66. The van der Waals surface area contributed by atoms with Crippen molar-refractivity contribution in [1.82, 2.24) is 29.5 Å². The van der Waals surface area contributed by atoms with Crippen LogP contribution in [0.15, 0.2) is 71.7 Å². The number of halogens is 1. The zero-order valence-electron chi connectivity index (χ0n) is 18.2. The number of fused-ring (bicyclic) bond motifs is 2. The molecule has 6 aromatic rings. The number of nitrogens with zero attached hydrogens (tertiary/aromatic N) is 5. The number of aromatic amines is 2. The van der Waals surface area contributed by atoms with Gasteiger partial charge in [0.25, 0.3) is 0 Å². The summed E-state index contributed by atoms with van der Waals surface area (Å²) in [4.78, 5) is 17.1. The Labute approximate surface area is 196 Å². The lowest BCUT2D eigenvalue weighted by Crippen LogP contribution is -2.04. The molecule has 0 aliphatic heterocycles. The molecule has 0 atom stereocenters. The van der Waals surface area contributed by atoms with Crippen LogP contribution in [0.2, 0.25) is 0 Å². The van der Waals surface area contributed by atoms with Crippen molar-refractivity contribution in [3.8, 4) is 23.0 Å². The Hall–Kier alpha value is -5.17. The second-order valence-electron chi connectivity index (χ2n) is 8.14. The Morgan fingerprint density at radius 3 is 2.63 bits per heavy atom. The molecule has 4 N–H and O–H groups in total. The number of aromatic nitrogens is 6. The zero-order valence-corrected chi connectivity index (χ0v) is 18.2. The van der Waals surface area contributed by atoms with Crippen molar-refractivity contribution in [1.29, 1.82) is 5.26 Å². The highest BCUT2D eigenvalue weighted by Crippen LogP contribution is 2.32. The molecule has 10 heteroatoms. The van der Waals surface area contributed by atoms with E-state index in [1.54, 1.807) is 45.9 Å². The SMILES string of the molecule is N#Cc1ccc(Cn2nccc2-c2cc(F)c3c(N)nn(-c4ccc5[nH]c(=O)[nH]c5c4)c3c2)cc1. The van der Waals surface area contributed by atoms with Gasteiger partial charge in [-0.2, -0.15) is 10.4 Å². The van der Waals surface area contributed by atoms with Crippen LogP contribution in [0.3, 0.4) is 0 Å². The molecule has 170 valence electrons. The van der Waals surface area contributed by atoms with Gasteiger partial charge in [-0.1, -0.05) is 12.1 Å². The lowest BCUT2D eigenvalue weighted by molar-refractivity contribution is 0.639. The maximum absolute atomic E-state index is 15.3. The number of hydrogen-bond acceptors (Lipinski definition) is 5. The van der Waals surface area contributed by atoms with E-state index in [1.807, 2.05) is 24.3 Å². The molecule has 0 saturated heterocycles. The van der Waals surface area contributed by atoms with E-state index in [4.69, 9.17) is 11.0 Å². The van der Waals surface area contributed by atoms with Crippen LogP contribution < -0.4 is 11.4 Å². The summed E-state index contributed by atoms with van der Waals surface area (Å²) in [5.74, 6) is -0.429. The van der Waals surface area contributed by atoms with Crippen LogP contribution in [-0.2, 0) is 6.54 Å². The highest BCUT2D eigenvalue weighted by atomic mass is 19.1. The molecule has 0 radical (unpaired) electrons. The first-order valence-electron chi connectivity index (χ1n) is 10.7. The summed E-state index contributed by atoms with van der Waals surface area (Å²) in [7, 11) is 0. The second kappa shape index (κ2) is 7.71. The summed E-state index contributed by atoms with van der Waals surface area (Å²) in [6, 6.07) is 19.7. The number of imidazole rings is 1. The number of nitriles is 1. The van der Waals surface area contributed by atoms with Crippen molar-refractivity contribution < 1.29 is 4.39 Å². The number of rotatable bonds is 4. The summed E-state index contributed by atoms with van der Waals surface area (Å²) in [5.41, 5.74) is 11.0. The van der Waals surface area contributed by atoms with Gasteiger partial charge in [-0.05, 0) is 54.1 Å². The lowest BCUT2D eigenvalue weighted by Gasteiger charge is -2.10. The van der Waals surface area contributed by atoms with Crippen LogP contribution in [0.4, 0.5) is 10.2 Å². The monoisotopic (exact) mass is 464 g/mol. The average molecular weight is 464 g/mol. The number of nitrogen functional groups attached to an aromatic ring is 1. The molecule has 0 spiro atoms. The van der Waals surface area contributed by atoms with Gasteiger partial charge in [0.15, 0.2) is 5.82 Å². The lowest BCUT2D eigenvalue weighted by atomic mass is 10.1. The molecule has 0 aliphatic carbocycles. The first kappa shape index (κ1) is 20.4. The highest BCUT2D eigenvalue weighted by molar-refractivity contribution is 5.94. The Bertz CT molecular complexity index is 1830. The average Bonchev–Trinajstić information content (AvgIpc) is 3.55. The smallest absolute Gasteiger partial charge is 0.323 e. The van der Waals surface area contributed by atoms with E-state index in [0.717, 1.165) is 5.56 Å². The largest absolute Gasteiger partial charge is 0.382 e. The first-order valence-corrected chi connectivity index (χ1v) is 10.7. The predicted molar refractivity (Wildman–Crippen MR) is 129 cm³/mol. The maximum atomic E-state index is 15.3. The van der Waals surface area contributed by atoms with Crippen LogP contribution in [0.25, 0.3) is 38.9 Å². The van der Waals surface area contributed by atoms with Crippen molar-refractivity contribution in [2.24, 2.45) is 0 Å². The topological polar surface area (TPSA) is 134 Å². The Morgan fingerprint density at radius 2 is 1.83 bits per heavy atom. The molecule has 0 bridgehead atoms. The van der Waals surface area contributed by atoms with Gasteiger partial charge >= 0.3 is 5.69 Å². The fourth-order valence-corrected chi connectivity index (χ4v) is 4.28. The number of nitrogens with one attached hydrogen (secondary N) is 2. The number of nitrogens with two attached hydrogens (primary N) is 1. The van der Waals surface area contributed by atoms with E-state index in [-0.39, 0.29) is 16.9 Å². The fourth-order valence-electron chi connectivity index (χ4n) is 4.28. The van der Waals surface area contributed by atoms with Crippen LogP contribution in [0, 0.1) is 17.1 Å². The summed E-state index contributed by atoms with van der Waals surface area (Å²) in [5, 5.41) is 18.0. The normalized spacial score (nSPS) is 11.3. The molecule has 0 aliphatic rings. The van der Waals surface area contributed by atoms with Crippen molar-refractivity contribution in [3.05, 3.63) is 94.3 Å². The van der Waals surface area contributed by atoms with Crippen molar-refractivity contribution in [2.75, 3.05) is 5.73 Å². The van der Waals surface area contributed by atoms with E-state index in [9.17, 15) is 4.79 Å². The molecular formula is C25H17FN8O. The van der Waals surface area contributed by atoms with E-state index >= 15 is 4.39 Å². The van der Waals surface area contributed by atoms with E-state index in [1.165, 1.54) is 6.07 Å². The highest BCUT2D eigenvalue weighted by Gasteiger charge is 2.18. The van der Waals surface area contributed by atoms with E-state index in [2.05, 4.69) is 26.2 Å². The fraction of sp³-hybridized carbons (Fsp3) is 0.0400. The van der Waals surface area contributed by atoms with Crippen LogP contribution in [-0.4, -0.2) is 29.5 Å². The molecule has 9 nitrogen and oxygen atoms in total. The second-order valence-corrected chi connectivity index (χ2v) is 8.14. The molecule has 0 fully saturated rings. The van der Waals surface area contributed by atoms with Gasteiger partial charge in [0.1, 0.15) is 5.82 Å². The van der Waals surface area contributed by atoms with Gasteiger partial charge in [-0.25, -0.2) is 13.9 Å². The minimum Gasteiger partial charge on any atom is -0.382 e. The van der Waals surface area contributed by atoms with Crippen molar-refractivity contribution in [3.63, 3.8) is 0 Å². The van der Waals surface area contributed by atoms with E-state index < -0.39 is 5.82 Å². The van der Waals surface area contributed by atoms with Crippen LogP contribution >= 0.6 is 0 Å². The minimum atomic E-state index is -0.497. The van der Waals surface area contributed by atoms with Gasteiger partial charge in [0.2, 0.25) is 0 Å².